The van der Waals surface area contributed by atoms with Crippen LogP contribution in [0.2, 0.25) is 0 Å². The average Bonchev–Trinajstić information content (AvgIpc) is 2.43. The minimum absolute atomic E-state index is 0.293. The van der Waals surface area contributed by atoms with Gasteiger partial charge in [-0.25, -0.2) is 0 Å². The second-order valence-corrected chi connectivity index (χ2v) is 4.79. The number of benzene rings is 2. The molecule has 2 heteroatoms. The van der Waals surface area contributed by atoms with Crippen LogP contribution in [-0.4, -0.2) is 5.11 Å². The van der Waals surface area contributed by atoms with Crippen LogP contribution in [0.25, 0.3) is 0 Å². The normalized spacial score (nSPS) is 10.4. The molecule has 0 amide bonds. The second kappa shape index (κ2) is 6.83. The van der Waals surface area contributed by atoms with Crippen LogP contribution >= 0.6 is 0 Å². The summed E-state index contributed by atoms with van der Waals surface area (Å²) in [6.07, 6.45) is 4.85. The van der Waals surface area contributed by atoms with E-state index in [9.17, 15) is 5.11 Å². The third-order valence-corrected chi connectivity index (χ3v) is 3.21. The molecule has 0 saturated carbocycles. The lowest BCUT2D eigenvalue weighted by Gasteiger charge is -2.12. The van der Waals surface area contributed by atoms with Crippen molar-refractivity contribution in [2.75, 3.05) is 5.32 Å². The zero-order valence-electron chi connectivity index (χ0n) is 11.4. The van der Waals surface area contributed by atoms with Gasteiger partial charge in [-0.1, -0.05) is 38.0 Å². The molecule has 2 rings (SSSR count). The fourth-order valence-corrected chi connectivity index (χ4v) is 2.13. The van der Waals surface area contributed by atoms with Crippen LogP contribution < -0.4 is 5.32 Å². The number of unbranched alkanes of at least 4 members (excludes halogenated alkanes) is 2. The highest BCUT2D eigenvalue weighted by atomic mass is 16.3. The van der Waals surface area contributed by atoms with Gasteiger partial charge in [0.15, 0.2) is 0 Å². The minimum Gasteiger partial charge on any atom is -0.508 e. The van der Waals surface area contributed by atoms with E-state index in [0.29, 0.717) is 5.75 Å². The molecule has 19 heavy (non-hydrogen) atoms. The number of aryl methyl sites for hydroxylation is 1. The van der Waals surface area contributed by atoms with Crippen molar-refractivity contribution in [2.24, 2.45) is 0 Å². The molecular weight excluding hydrogens is 234 g/mol. The first-order chi connectivity index (χ1) is 9.29. The summed E-state index contributed by atoms with van der Waals surface area (Å²) in [5, 5.41) is 12.7. The largest absolute Gasteiger partial charge is 0.508 e. The Morgan fingerprint density at radius 1 is 0.947 bits per heavy atom. The molecule has 0 unspecified atom stereocenters. The van der Waals surface area contributed by atoms with Crippen LogP contribution in [0.3, 0.4) is 0 Å². The maximum Gasteiger partial charge on any atom is 0.115 e. The van der Waals surface area contributed by atoms with Gasteiger partial charge in [0.1, 0.15) is 5.75 Å². The number of phenols is 1. The monoisotopic (exact) mass is 255 g/mol. The zero-order valence-corrected chi connectivity index (χ0v) is 11.4. The topological polar surface area (TPSA) is 32.3 Å². The van der Waals surface area contributed by atoms with Crippen molar-refractivity contribution in [3.63, 3.8) is 0 Å². The van der Waals surface area contributed by atoms with E-state index in [0.717, 1.165) is 17.8 Å². The number of phenolic OH excluding ortho intramolecular Hbond substituents is 1. The average molecular weight is 255 g/mol. The van der Waals surface area contributed by atoms with Crippen LogP contribution in [0.1, 0.15) is 31.7 Å². The molecule has 0 aliphatic rings. The van der Waals surface area contributed by atoms with Crippen molar-refractivity contribution in [3.8, 4) is 5.75 Å². The van der Waals surface area contributed by atoms with E-state index in [2.05, 4.69) is 30.4 Å². The molecule has 100 valence electrons. The first kappa shape index (κ1) is 13.5. The smallest absolute Gasteiger partial charge is 0.115 e. The Bertz CT molecular complexity index is 505. The van der Waals surface area contributed by atoms with Crippen molar-refractivity contribution in [3.05, 3.63) is 54.1 Å². The van der Waals surface area contributed by atoms with Crippen molar-refractivity contribution >= 4 is 11.4 Å². The van der Waals surface area contributed by atoms with E-state index in [1.165, 1.54) is 24.8 Å². The van der Waals surface area contributed by atoms with Crippen molar-refractivity contribution in [1.29, 1.82) is 0 Å². The highest BCUT2D eigenvalue weighted by molar-refractivity contribution is 5.63. The molecule has 2 aromatic rings. The van der Waals surface area contributed by atoms with E-state index >= 15 is 0 Å². The lowest BCUT2D eigenvalue weighted by Crippen LogP contribution is -1.96. The number of para-hydroxylation sites is 1. The summed E-state index contributed by atoms with van der Waals surface area (Å²) in [6.45, 7) is 2.22. The van der Waals surface area contributed by atoms with Gasteiger partial charge >= 0.3 is 0 Å². The summed E-state index contributed by atoms with van der Waals surface area (Å²) in [7, 11) is 0. The molecule has 0 bridgehead atoms. The maximum absolute atomic E-state index is 9.29. The van der Waals surface area contributed by atoms with Gasteiger partial charge in [-0.2, -0.15) is 0 Å². The fraction of sp³-hybridized carbons (Fsp3) is 0.294. The summed E-state index contributed by atoms with van der Waals surface area (Å²) in [5.74, 6) is 0.293. The SMILES string of the molecule is CCCCCc1ccccc1Nc1ccc(O)cc1. The molecule has 0 atom stereocenters. The van der Waals surface area contributed by atoms with Gasteiger partial charge in [0.2, 0.25) is 0 Å². The number of hydrogen-bond acceptors (Lipinski definition) is 2. The lowest BCUT2D eigenvalue weighted by atomic mass is 10.1. The predicted molar refractivity (Wildman–Crippen MR) is 81.1 cm³/mol. The molecule has 0 heterocycles. The minimum atomic E-state index is 0.293. The molecule has 0 radical (unpaired) electrons. The van der Waals surface area contributed by atoms with Crippen LogP contribution in [0.15, 0.2) is 48.5 Å². The molecule has 2 nitrogen and oxygen atoms in total. The quantitative estimate of drug-likeness (QED) is 0.570. The Morgan fingerprint density at radius 2 is 1.68 bits per heavy atom. The van der Waals surface area contributed by atoms with Crippen molar-refractivity contribution in [2.45, 2.75) is 32.6 Å². The van der Waals surface area contributed by atoms with E-state index in [1.807, 2.05) is 18.2 Å². The second-order valence-electron chi connectivity index (χ2n) is 4.79. The highest BCUT2D eigenvalue weighted by Crippen LogP contribution is 2.23. The Labute approximate surface area is 115 Å². The van der Waals surface area contributed by atoms with Crippen LogP contribution in [0.5, 0.6) is 5.75 Å². The first-order valence-electron chi connectivity index (χ1n) is 6.93. The fourth-order valence-electron chi connectivity index (χ4n) is 2.13. The molecule has 0 saturated heterocycles. The predicted octanol–water partition coefficient (Wildman–Crippen LogP) is 4.87. The van der Waals surface area contributed by atoms with Gasteiger partial charge in [-0.15, -0.1) is 0 Å². The molecule has 0 aliphatic carbocycles. The molecule has 0 spiro atoms. The molecule has 0 aliphatic heterocycles. The van der Waals surface area contributed by atoms with Crippen LogP contribution in [0.4, 0.5) is 11.4 Å². The summed E-state index contributed by atoms with van der Waals surface area (Å²) in [6, 6.07) is 15.6. The number of anilines is 2. The zero-order chi connectivity index (χ0) is 13.5. The third-order valence-electron chi connectivity index (χ3n) is 3.21. The summed E-state index contributed by atoms with van der Waals surface area (Å²) in [5.41, 5.74) is 3.51. The van der Waals surface area contributed by atoms with Gasteiger partial charge in [0, 0.05) is 11.4 Å². The molecule has 2 N–H and O–H groups in total. The third kappa shape index (κ3) is 4.02. The van der Waals surface area contributed by atoms with E-state index in [-0.39, 0.29) is 0 Å². The maximum atomic E-state index is 9.29. The number of hydrogen-bond donors (Lipinski definition) is 2. The lowest BCUT2D eigenvalue weighted by molar-refractivity contribution is 0.475. The van der Waals surface area contributed by atoms with Crippen molar-refractivity contribution in [1.82, 2.24) is 0 Å². The Hall–Kier alpha value is -1.96. The Kier molecular flexibility index (Phi) is 4.85. The van der Waals surface area contributed by atoms with E-state index in [1.54, 1.807) is 12.1 Å². The van der Waals surface area contributed by atoms with E-state index < -0.39 is 0 Å². The summed E-state index contributed by atoms with van der Waals surface area (Å²) >= 11 is 0. The Balaban J connectivity index is 2.08. The van der Waals surface area contributed by atoms with Crippen LogP contribution in [-0.2, 0) is 6.42 Å². The number of rotatable bonds is 6. The summed E-state index contributed by atoms with van der Waals surface area (Å²) < 4.78 is 0. The van der Waals surface area contributed by atoms with Crippen molar-refractivity contribution < 1.29 is 5.11 Å². The van der Waals surface area contributed by atoms with Gasteiger partial charge in [0.25, 0.3) is 0 Å². The summed E-state index contributed by atoms with van der Waals surface area (Å²) in [4.78, 5) is 0. The molecule has 0 fully saturated rings. The molecule has 0 aromatic heterocycles. The van der Waals surface area contributed by atoms with Crippen LogP contribution in [0, 0.1) is 0 Å². The number of nitrogens with one attached hydrogen (secondary N) is 1. The highest BCUT2D eigenvalue weighted by Gasteiger charge is 2.02. The molecular formula is C17H21NO. The number of aromatic hydroxyl groups is 1. The van der Waals surface area contributed by atoms with Gasteiger partial charge < -0.3 is 10.4 Å². The molecule has 2 aromatic carbocycles. The van der Waals surface area contributed by atoms with Gasteiger partial charge in [0.05, 0.1) is 0 Å². The van der Waals surface area contributed by atoms with E-state index in [4.69, 9.17) is 0 Å². The van der Waals surface area contributed by atoms with Gasteiger partial charge in [-0.3, -0.25) is 0 Å². The first-order valence-corrected chi connectivity index (χ1v) is 6.93. The van der Waals surface area contributed by atoms with Gasteiger partial charge in [-0.05, 0) is 48.7 Å². The Morgan fingerprint density at radius 3 is 2.42 bits per heavy atom. The standard InChI is InChI=1S/C17H21NO/c1-2-3-4-7-14-8-5-6-9-17(14)18-15-10-12-16(19)13-11-15/h5-6,8-13,18-19H,2-4,7H2,1H3.